The highest BCUT2D eigenvalue weighted by molar-refractivity contribution is 4.77. The number of nitrogens with one attached hydrogen (secondary N) is 1. The van der Waals surface area contributed by atoms with Crippen LogP contribution in [0.5, 0.6) is 0 Å². The first kappa shape index (κ1) is 16.0. The van der Waals surface area contributed by atoms with E-state index in [-0.39, 0.29) is 0 Å². The average molecular weight is 253 g/mol. The zero-order chi connectivity index (χ0) is 13.2. The number of unbranched alkanes of at least 4 members (excludes halogenated alkanes) is 3. The number of rotatable bonds is 9. The van der Waals surface area contributed by atoms with E-state index in [0.717, 1.165) is 17.9 Å². The van der Waals surface area contributed by atoms with Crippen LogP contribution in [-0.4, -0.2) is 12.6 Å². The highest BCUT2D eigenvalue weighted by Crippen LogP contribution is 2.26. The van der Waals surface area contributed by atoms with Crippen molar-refractivity contribution in [2.75, 3.05) is 6.54 Å². The molecule has 1 aliphatic rings. The molecular weight excluding hydrogens is 218 g/mol. The molecule has 1 heteroatoms. The van der Waals surface area contributed by atoms with E-state index < -0.39 is 0 Å². The quantitative estimate of drug-likeness (QED) is 0.560. The van der Waals surface area contributed by atoms with Gasteiger partial charge in [-0.25, -0.2) is 0 Å². The van der Waals surface area contributed by atoms with Crippen molar-refractivity contribution in [3.8, 4) is 0 Å². The second-order valence-corrected chi connectivity index (χ2v) is 6.69. The minimum atomic E-state index is 0.833. The summed E-state index contributed by atoms with van der Waals surface area (Å²) in [6, 6.07) is 0.833. The monoisotopic (exact) mass is 253 g/mol. The average Bonchev–Trinajstić information content (AvgIpc) is 2.37. The van der Waals surface area contributed by atoms with Gasteiger partial charge in [-0.2, -0.15) is 0 Å². The van der Waals surface area contributed by atoms with E-state index in [1.54, 1.807) is 0 Å². The molecule has 18 heavy (non-hydrogen) atoms. The van der Waals surface area contributed by atoms with Crippen LogP contribution in [0.2, 0.25) is 0 Å². The molecule has 0 heterocycles. The molecule has 2 unspecified atom stereocenters. The highest BCUT2D eigenvalue weighted by atomic mass is 14.9. The lowest BCUT2D eigenvalue weighted by Gasteiger charge is -2.29. The molecule has 108 valence electrons. The maximum Gasteiger partial charge on any atom is 0.00697 e. The van der Waals surface area contributed by atoms with Gasteiger partial charge in [-0.15, -0.1) is 0 Å². The molecule has 0 bridgehead atoms. The summed E-state index contributed by atoms with van der Waals surface area (Å²) in [5, 5.41) is 3.79. The van der Waals surface area contributed by atoms with E-state index in [2.05, 4.69) is 26.1 Å². The van der Waals surface area contributed by atoms with Gasteiger partial charge < -0.3 is 5.32 Å². The SMILES string of the molecule is CCC1CCCC(NCCCCCCC(C)C)C1. The van der Waals surface area contributed by atoms with Crippen molar-refractivity contribution in [2.24, 2.45) is 11.8 Å². The van der Waals surface area contributed by atoms with Crippen molar-refractivity contribution in [2.45, 2.75) is 91.0 Å². The van der Waals surface area contributed by atoms with E-state index >= 15 is 0 Å². The molecule has 0 aromatic heterocycles. The van der Waals surface area contributed by atoms with Crippen molar-refractivity contribution in [3.63, 3.8) is 0 Å². The molecule has 1 saturated carbocycles. The molecule has 0 amide bonds. The van der Waals surface area contributed by atoms with Crippen molar-refractivity contribution in [1.29, 1.82) is 0 Å². The third-order valence-electron chi connectivity index (χ3n) is 4.50. The smallest absolute Gasteiger partial charge is 0.00697 e. The Bertz CT molecular complexity index is 188. The fourth-order valence-corrected chi connectivity index (χ4v) is 3.18. The molecule has 1 aliphatic carbocycles. The third-order valence-corrected chi connectivity index (χ3v) is 4.50. The lowest BCUT2D eigenvalue weighted by atomic mass is 9.84. The van der Waals surface area contributed by atoms with Gasteiger partial charge in [-0.05, 0) is 37.6 Å². The summed E-state index contributed by atoms with van der Waals surface area (Å²) in [4.78, 5) is 0. The van der Waals surface area contributed by atoms with Crippen LogP contribution in [0.15, 0.2) is 0 Å². The Hall–Kier alpha value is -0.0400. The standard InChI is InChI=1S/C17H35N/c1-4-16-11-9-12-17(14-16)18-13-8-6-5-7-10-15(2)3/h15-18H,4-14H2,1-3H3. The number of hydrogen-bond acceptors (Lipinski definition) is 1. The Morgan fingerprint density at radius 2 is 1.83 bits per heavy atom. The van der Waals surface area contributed by atoms with Crippen LogP contribution in [-0.2, 0) is 0 Å². The van der Waals surface area contributed by atoms with E-state index in [1.807, 2.05) is 0 Å². The molecule has 1 nitrogen and oxygen atoms in total. The summed E-state index contributed by atoms with van der Waals surface area (Å²) < 4.78 is 0. The van der Waals surface area contributed by atoms with Gasteiger partial charge in [0.25, 0.3) is 0 Å². The number of hydrogen-bond donors (Lipinski definition) is 1. The minimum absolute atomic E-state index is 0.833. The molecule has 0 radical (unpaired) electrons. The van der Waals surface area contributed by atoms with Gasteiger partial charge in [0.1, 0.15) is 0 Å². The van der Waals surface area contributed by atoms with Gasteiger partial charge in [-0.1, -0.05) is 65.7 Å². The molecule has 0 aliphatic heterocycles. The van der Waals surface area contributed by atoms with Gasteiger partial charge in [0, 0.05) is 6.04 Å². The lowest BCUT2D eigenvalue weighted by molar-refractivity contribution is 0.278. The molecule has 1 N–H and O–H groups in total. The molecule has 0 saturated heterocycles. The Kier molecular flexibility index (Phi) is 8.75. The van der Waals surface area contributed by atoms with Gasteiger partial charge in [0.05, 0.1) is 0 Å². The van der Waals surface area contributed by atoms with Crippen LogP contribution in [0.25, 0.3) is 0 Å². The van der Waals surface area contributed by atoms with Crippen LogP contribution >= 0.6 is 0 Å². The molecule has 0 aromatic rings. The summed E-state index contributed by atoms with van der Waals surface area (Å²) >= 11 is 0. The third kappa shape index (κ3) is 7.41. The van der Waals surface area contributed by atoms with E-state index in [0.29, 0.717) is 0 Å². The second-order valence-electron chi connectivity index (χ2n) is 6.69. The summed E-state index contributed by atoms with van der Waals surface area (Å²) in [7, 11) is 0. The predicted octanol–water partition coefficient (Wildman–Crippen LogP) is 5.15. The Balaban J connectivity index is 1.91. The first-order valence-corrected chi connectivity index (χ1v) is 8.45. The lowest BCUT2D eigenvalue weighted by Crippen LogP contribution is -2.34. The fraction of sp³-hybridized carbons (Fsp3) is 1.00. The van der Waals surface area contributed by atoms with Gasteiger partial charge in [0.2, 0.25) is 0 Å². The van der Waals surface area contributed by atoms with Crippen LogP contribution < -0.4 is 5.32 Å². The zero-order valence-corrected chi connectivity index (χ0v) is 13.0. The molecule has 0 aromatic carbocycles. The van der Waals surface area contributed by atoms with Crippen LogP contribution in [0, 0.1) is 11.8 Å². The van der Waals surface area contributed by atoms with E-state index in [1.165, 1.54) is 70.8 Å². The topological polar surface area (TPSA) is 12.0 Å². The second kappa shape index (κ2) is 9.83. The Labute approximate surface area is 115 Å². The zero-order valence-electron chi connectivity index (χ0n) is 13.0. The maximum atomic E-state index is 3.79. The highest BCUT2D eigenvalue weighted by Gasteiger charge is 2.19. The van der Waals surface area contributed by atoms with Gasteiger partial charge >= 0.3 is 0 Å². The first-order chi connectivity index (χ1) is 8.72. The minimum Gasteiger partial charge on any atom is -0.314 e. The molecular formula is C17H35N. The van der Waals surface area contributed by atoms with Crippen molar-refractivity contribution in [3.05, 3.63) is 0 Å². The molecule has 0 spiro atoms. The first-order valence-electron chi connectivity index (χ1n) is 8.45. The van der Waals surface area contributed by atoms with Crippen LogP contribution in [0.3, 0.4) is 0 Å². The predicted molar refractivity (Wildman–Crippen MR) is 82.0 cm³/mol. The van der Waals surface area contributed by atoms with Crippen molar-refractivity contribution in [1.82, 2.24) is 5.32 Å². The van der Waals surface area contributed by atoms with Gasteiger partial charge in [0.15, 0.2) is 0 Å². The van der Waals surface area contributed by atoms with Crippen molar-refractivity contribution < 1.29 is 0 Å². The fourth-order valence-electron chi connectivity index (χ4n) is 3.18. The Morgan fingerprint density at radius 1 is 1.06 bits per heavy atom. The molecule has 1 rings (SSSR count). The van der Waals surface area contributed by atoms with E-state index in [9.17, 15) is 0 Å². The van der Waals surface area contributed by atoms with Crippen LogP contribution in [0.1, 0.15) is 85.0 Å². The molecule has 1 fully saturated rings. The maximum absolute atomic E-state index is 3.79. The summed E-state index contributed by atoms with van der Waals surface area (Å²) in [5.74, 6) is 1.89. The summed E-state index contributed by atoms with van der Waals surface area (Å²) in [6.07, 6.45) is 14.2. The Morgan fingerprint density at radius 3 is 2.56 bits per heavy atom. The van der Waals surface area contributed by atoms with Crippen LogP contribution in [0.4, 0.5) is 0 Å². The summed E-state index contributed by atoms with van der Waals surface area (Å²) in [5.41, 5.74) is 0. The normalized spacial score (nSPS) is 24.7. The largest absolute Gasteiger partial charge is 0.314 e. The van der Waals surface area contributed by atoms with Gasteiger partial charge in [-0.3, -0.25) is 0 Å². The summed E-state index contributed by atoms with van der Waals surface area (Å²) in [6.45, 7) is 8.26. The van der Waals surface area contributed by atoms with Crippen molar-refractivity contribution >= 4 is 0 Å². The van der Waals surface area contributed by atoms with E-state index in [4.69, 9.17) is 0 Å². The molecule has 2 atom stereocenters.